The highest BCUT2D eigenvalue weighted by Crippen LogP contribution is 2.13. The molecule has 0 spiro atoms. The van der Waals surface area contributed by atoms with Crippen LogP contribution >= 0.6 is 0 Å². The molecular weight excluding hydrogens is 142 g/mol. The second-order valence-corrected chi connectivity index (χ2v) is 2.68. The molecule has 11 heavy (non-hydrogen) atoms. The van der Waals surface area contributed by atoms with Gasteiger partial charge in [0.2, 0.25) is 0 Å². The Labute approximate surface area is 67.3 Å². The van der Waals surface area contributed by atoms with Crippen molar-refractivity contribution in [1.29, 1.82) is 0 Å². The fraction of sp³-hybridized carbons (Fsp3) is 0.750. The molecule has 0 radical (unpaired) electrons. The van der Waals surface area contributed by atoms with Crippen molar-refractivity contribution in [3.63, 3.8) is 0 Å². The van der Waals surface area contributed by atoms with Crippen molar-refractivity contribution in [2.45, 2.75) is 6.92 Å². The van der Waals surface area contributed by atoms with Gasteiger partial charge < -0.3 is 5.32 Å². The van der Waals surface area contributed by atoms with Gasteiger partial charge in [-0.3, -0.25) is 0 Å². The molecule has 0 unspecified atom stereocenters. The first-order valence-electron chi connectivity index (χ1n) is 3.97. The zero-order chi connectivity index (χ0) is 8.10. The number of hydrogen-bond acceptors (Lipinski definition) is 3. The van der Waals surface area contributed by atoms with Crippen molar-refractivity contribution in [2.75, 3.05) is 26.3 Å². The summed E-state index contributed by atoms with van der Waals surface area (Å²) >= 11 is 0. The maximum atomic E-state index is 4.87. The van der Waals surface area contributed by atoms with Crippen LogP contribution < -0.4 is 5.32 Å². The quantitative estimate of drug-likeness (QED) is 0.276. The fourth-order valence-corrected chi connectivity index (χ4v) is 0.896. The third-order valence-electron chi connectivity index (χ3n) is 1.80. The van der Waals surface area contributed by atoms with Crippen LogP contribution in [-0.2, 0) is 9.78 Å². The lowest BCUT2D eigenvalue weighted by molar-refractivity contribution is -0.285. The van der Waals surface area contributed by atoms with Crippen molar-refractivity contribution in [3.8, 4) is 0 Å². The van der Waals surface area contributed by atoms with Crippen LogP contribution in [0.15, 0.2) is 12.2 Å². The molecule has 1 saturated heterocycles. The van der Waals surface area contributed by atoms with E-state index in [1.54, 1.807) is 0 Å². The zero-order valence-corrected chi connectivity index (χ0v) is 6.93. The summed E-state index contributed by atoms with van der Waals surface area (Å²) in [4.78, 5) is 9.62. The van der Waals surface area contributed by atoms with E-state index in [1.807, 2.05) is 6.92 Å². The lowest BCUT2D eigenvalue weighted by atomic mass is 9.95. The maximum absolute atomic E-state index is 4.87. The van der Waals surface area contributed by atoms with Crippen molar-refractivity contribution in [3.05, 3.63) is 12.2 Å². The largest absolute Gasteiger partial charge is 0.315 e. The summed E-state index contributed by atoms with van der Waals surface area (Å²) in [7, 11) is 0. The Hall–Kier alpha value is -0.380. The summed E-state index contributed by atoms with van der Waals surface area (Å²) in [5, 5.41) is 3.18. The molecule has 1 rings (SSSR count). The van der Waals surface area contributed by atoms with Gasteiger partial charge in [0.15, 0.2) is 0 Å². The average Bonchev–Trinajstić information content (AvgIpc) is 1.84. The molecule has 0 aliphatic carbocycles. The van der Waals surface area contributed by atoms with Gasteiger partial charge in [-0.2, -0.15) is 0 Å². The van der Waals surface area contributed by atoms with Crippen LogP contribution in [0.2, 0.25) is 0 Å². The minimum atomic E-state index is 0.528. The number of nitrogens with one attached hydrogen (secondary N) is 1. The maximum Gasteiger partial charge on any atom is 0.103 e. The Kier molecular flexibility index (Phi) is 3.56. The molecule has 1 N–H and O–H groups in total. The lowest BCUT2D eigenvalue weighted by Gasteiger charge is -2.28. The standard InChI is InChI=1S/C8H15NO2/c1-3-10-11-6-7(2)8-4-9-5-8/h8-9H,2-6H2,1H3. The third kappa shape index (κ3) is 2.61. The van der Waals surface area contributed by atoms with Gasteiger partial charge in [0.1, 0.15) is 6.61 Å². The second-order valence-electron chi connectivity index (χ2n) is 2.68. The average molecular weight is 157 g/mol. The highest BCUT2D eigenvalue weighted by molar-refractivity contribution is 5.06. The van der Waals surface area contributed by atoms with Crippen LogP contribution in [0, 0.1) is 5.92 Å². The summed E-state index contributed by atoms with van der Waals surface area (Å²) in [6, 6.07) is 0. The van der Waals surface area contributed by atoms with E-state index in [4.69, 9.17) is 9.78 Å². The van der Waals surface area contributed by atoms with Crippen LogP contribution in [0.25, 0.3) is 0 Å². The first kappa shape index (κ1) is 8.71. The van der Waals surface area contributed by atoms with Crippen LogP contribution in [0.4, 0.5) is 0 Å². The molecule has 0 saturated carbocycles. The molecule has 0 atom stereocenters. The fourth-order valence-electron chi connectivity index (χ4n) is 0.896. The Morgan fingerprint density at radius 3 is 2.73 bits per heavy atom. The van der Waals surface area contributed by atoms with Gasteiger partial charge in [0.05, 0.1) is 6.61 Å². The van der Waals surface area contributed by atoms with Gasteiger partial charge in [0, 0.05) is 19.0 Å². The Morgan fingerprint density at radius 1 is 1.55 bits per heavy atom. The summed E-state index contributed by atoms with van der Waals surface area (Å²) in [6.07, 6.45) is 0. The van der Waals surface area contributed by atoms with E-state index < -0.39 is 0 Å². The molecule has 3 heteroatoms. The second kappa shape index (κ2) is 4.49. The predicted octanol–water partition coefficient (Wildman–Crippen LogP) is 0.730. The molecule has 1 heterocycles. The summed E-state index contributed by atoms with van der Waals surface area (Å²) < 4.78 is 0. The van der Waals surface area contributed by atoms with E-state index in [2.05, 4.69) is 11.9 Å². The van der Waals surface area contributed by atoms with Gasteiger partial charge in [-0.25, -0.2) is 9.78 Å². The Balaban J connectivity index is 2.01. The van der Waals surface area contributed by atoms with Crippen LogP contribution in [-0.4, -0.2) is 26.3 Å². The van der Waals surface area contributed by atoms with Crippen LogP contribution in [0.1, 0.15) is 6.92 Å². The van der Waals surface area contributed by atoms with E-state index >= 15 is 0 Å². The first-order valence-corrected chi connectivity index (χ1v) is 3.97. The monoisotopic (exact) mass is 157 g/mol. The van der Waals surface area contributed by atoms with Crippen LogP contribution in [0.3, 0.4) is 0 Å². The van der Waals surface area contributed by atoms with E-state index in [-0.39, 0.29) is 0 Å². The van der Waals surface area contributed by atoms with Crippen molar-refractivity contribution < 1.29 is 9.78 Å². The van der Waals surface area contributed by atoms with Gasteiger partial charge in [-0.1, -0.05) is 6.58 Å². The highest BCUT2D eigenvalue weighted by Gasteiger charge is 2.19. The first-order chi connectivity index (χ1) is 5.34. The molecule has 1 aliphatic heterocycles. The van der Waals surface area contributed by atoms with Gasteiger partial charge in [0.25, 0.3) is 0 Å². The zero-order valence-electron chi connectivity index (χ0n) is 6.93. The van der Waals surface area contributed by atoms with Crippen LogP contribution in [0.5, 0.6) is 0 Å². The predicted molar refractivity (Wildman–Crippen MR) is 43.1 cm³/mol. The molecule has 0 aromatic carbocycles. The van der Waals surface area contributed by atoms with Gasteiger partial charge in [-0.15, -0.1) is 0 Å². The van der Waals surface area contributed by atoms with E-state index in [9.17, 15) is 0 Å². The summed E-state index contributed by atoms with van der Waals surface area (Å²) in [6.45, 7) is 8.99. The Bertz CT molecular complexity index is 132. The number of hydrogen-bond donors (Lipinski definition) is 1. The lowest BCUT2D eigenvalue weighted by Crippen LogP contribution is -2.43. The van der Waals surface area contributed by atoms with E-state index in [0.29, 0.717) is 19.1 Å². The Morgan fingerprint density at radius 2 is 2.27 bits per heavy atom. The van der Waals surface area contributed by atoms with Crippen molar-refractivity contribution in [1.82, 2.24) is 5.32 Å². The molecular formula is C8H15NO2. The van der Waals surface area contributed by atoms with E-state index in [0.717, 1.165) is 18.7 Å². The summed E-state index contributed by atoms with van der Waals surface area (Å²) in [5.41, 5.74) is 1.12. The van der Waals surface area contributed by atoms with Gasteiger partial charge in [-0.05, 0) is 12.5 Å². The van der Waals surface area contributed by atoms with Gasteiger partial charge >= 0.3 is 0 Å². The van der Waals surface area contributed by atoms with Crippen molar-refractivity contribution in [2.24, 2.45) is 5.92 Å². The SMILES string of the molecule is C=C(COOCC)C1CNC1. The highest BCUT2D eigenvalue weighted by atomic mass is 17.2. The molecule has 3 nitrogen and oxygen atoms in total. The minimum Gasteiger partial charge on any atom is -0.315 e. The molecule has 1 aliphatic rings. The van der Waals surface area contributed by atoms with Crippen molar-refractivity contribution >= 4 is 0 Å². The number of rotatable bonds is 5. The molecule has 1 fully saturated rings. The summed E-state index contributed by atoms with van der Waals surface area (Å²) in [5.74, 6) is 0.593. The molecule has 0 bridgehead atoms. The molecule has 0 amide bonds. The molecule has 64 valence electrons. The minimum absolute atomic E-state index is 0.528. The topological polar surface area (TPSA) is 30.5 Å². The van der Waals surface area contributed by atoms with E-state index in [1.165, 1.54) is 0 Å². The molecule has 0 aromatic heterocycles. The smallest absolute Gasteiger partial charge is 0.103 e. The molecule has 0 aromatic rings. The normalized spacial score (nSPS) is 17.9. The third-order valence-corrected chi connectivity index (χ3v) is 1.80.